The molecule has 28 heavy (non-hydrogen) atoms. The van der Waals surface area contributed by atoms with E-state index in [2.05, 4.69) is 52.7 Å². The zero-order valence-electron chi connectivity index (χ0n) is 16.2. The first-order chi connectivity index (χ1) is 13.5. The van der Waals surface area contributed by atoms with Crippen LogP contribution in [0.5, 0.6) is 0 Å². The van der Waals surface area contributed by atoms with Gasteiger partial charge in [-0.3, -0.25) is 4.98 Å². The lowest BCUT2D eigenvalue weighted by Gasteiger charge is -2.28. The number of hydrogen-bond acceptors (Lipinski definition) is 2. The van der Waals surface area contributed by atoms with Crippen LogP contribution in [0.2, 0.25) is 5.02 Å². The first-order valence-electron chi connectivity index (χ1n) is 9.44. The Labute approximate surface area is 176 Å². The molecule has 4 nitrogen and oxygen atoms in total. The van der Waals surface area contributed by atoms with Gasteiger partial charge in [0.1, 0.15) is 0 Å². The molecule has 0 bridgehead atoms. The Kier molecular flexibility index (Phi) is 5.13. The average Bonchev–Trinajstić information content (AvgIpc) is 3.18. The van der Waals surface area contributed by atoms with Crippen molar-refractivity contribution in [2.24, 2.45) is 0 Å². The molecule has 1 aliphatic heterocycles. The third kappa shape index (κ3) is 3.19. The highest BCUT2D eigenvalue weighted by molar-refractivity contribution is 7.80. The molecule has 2 atom stereocenters. The molecule has 1 aliphatic rings. The van der Waals surface area contributed by atoms with E-state index >= 15 is 0 Å². The molecule has 4 rings (SSSR count). The van der Waals surface area contributed by atoms with Crippen LogP contribution in [0.25, 0.3) is 0 Å². The summed E-state index contributed by atoms with van der Waals surface area (Å²) in [6.07, 6.45) is 1.83. The third-order valence-corrected chi connectivity index (χ3v) is 6.02. The van der Waals surface area contributed by atoms with Crippen LogP contribution < -0.4 is 10.2 Å². The van der Waals surface area contributed by atoms with E-state index in [9.17, 15) is 0 Å². The summed E-state index contributed by atoms with van der Waals surface area (Å²) in [4.78, 5) is 6.80. The standard InChI is InChI=1S/C22H23ClN4S/c1-4-26-14(2)13-18(15(26)3)21-20(19-7-5-6-12-24-19)25-22(28)27(21)17-10-8-16(23)9-11-17/h5-13,20-21H,4H2,1-3H3,(H,25,28)/t20-,21-/m0/s1. The van der Waals surface area contributed by atoms with E-state index in [1.165, 1.54) is 17.0 Å². The van der Waals surface area contributed by atoms with Gasteiger partial charge in [0.05, 0.1) is 17.8 Å². The number of pyridine rings is 1. The second kappa shape index (κ2) is 7.57. The molecule has 6 heteroatoms. The van der Waals surface area contributed by atoms with Gasteiger partial charge >= 0.3 is 0 Å². The molecular weight excluding hydrogens is 388 g/mol. The van der Waals surface area contributed by atoms with Gasteiger partial charge in [-0.25, -0.2) is 0 Å². The van der Waals surface area contributed by atoms with Crippen molar-refractivity contribution in [2.75, 3.05) is 4.90 Å². The van der Waals surface area contributed by atoms with E-state index in [4.69, 9.17) is 23.8 Å². The SMILES string of the molecule is CCn1c(C)cc([C@H]2[C@H](c3ccccn3)NC(=S)N2c2ccc(Cl)cc2)c1C. The van der Waals surface area contributed by atoms with Gasteiger partial charge in [0, 0.05) is 34.8 Å². The van der Waals surface area contributed by atoms with Gasteiger partial charge in [0.25, 0.3) is 0 Å². The Morgan fingerprint density at radius 3 is 2.50 bits per heavy atom. The normalized spacial score (nSPS) is 19.1. The molecule has 1 aromatic carbocycles. The monoisotopic (exact) mass is 410 g/mol. The van der Waals surface area contributed by atoms with Crippen molar-refractivity contribution in [3.8, 4) is 0 Å². The maximum atomic E-state index is 6.12. The van der Waals surface area contributed by atoms with Crippen LogP contribution in [0.1, 0.15) is 41.7 Å². The Balaban J connectivity index is 1.88. The van der Waals surface area contributed by atoms with Gasteiger partial charge in [0.15, 0.2) is 5.11 Å². The van der Waals surface area contributed by atoms with Crippen molar-refractivity contribution in [3.05, 3.63) is 82.4 Å². The molecule has 0 amide bonds. The van der Waals surface area contributed by atoms with Crippen LogP contribution in [-0.4, -0.2) is 14.7 Å². The summed E-state index contributed by atoms with van der Waals surface area (Å²) in [7, 11) is 0. The molecule has 0 unspecified atom stereocenters. The maximum absolute atomic E-state index is 6.12. The Bertz CT molecular complexity index is 997. The van der Waals surface area contributed by atoms with Gasteiger partial charge in [-0.2, -0.15) is 0 Å². The number of hydrogen-bond donors (Lipinski definition) is 1. The second-order valence-electron chi connectivity index (χ2n) is 7.04. The Hall–Kier alpha value is -2.37. The molecular formula is C22H23ClN4S. The molecule has 1 fully saturated rings. The zero-order chi connectivity index (χ0) is 19.8. The molecule has 1 N–H and O–H groups in total. The van der Waals surface area contributed by atoms with E-state index in [0.717, 1.165) is 17.9 Å². The van der Waals surface area contributed by atoms with Crippen molar-refractivity contribution in [1.82, 2.24) is 14.9 Å². The lowest BCUT2D eigenvalue weighted by atomic mass is 9.96. The number of rotatable bonds is 4. The van der Waals surface area contributed by atoms with Crippen molar-refractivity contribution in [1.29, 1.82) is 0 Å². The van der Waals surface area contributed by atoms with Gasteiger partial charge in [-0.05, 0) is 81.0 Å². The molecule has 1 saturated heterocycles. The number of aromatic nitrogens is 2. The number of halogens is 1. The van der Waals surface area contributed by atoms with E-state index in [1.54, 1.807) is 0 Å². The summed E-state index contributed by atoms with van der Waals surface area (Å²) in [5, 5.41) is 4.92. The molecule has 0 spiro atoms. The van der Waals surface area contributed by atoms with Gasteiger partial charge in [-0.15, -0.1) is 0 Å². The van der Waals surface area contributed by atoms with E-state index in [-0.39, 0.29) is 12.1 Å². The number of aryl methyl sites for hydroxylation is 1. The molecule has 144 valence electrons. The largest absolute Gasteiger partial charge is 0.351 e. The minimum Gasteiger partial charge on any atom is -0.351 e. The third-order valence-electron chi connectivity index (χ3n) is 5.45. The molecule has 3 aromatic rings. The molecule has 3 heterocycles. The van der Waals surface area contributed by atoms with Crippen LogP contribution in [-0.2, 0) is 6.54 Å². The van der Waals surface area contributed by atoms with Crippen molar-refractivity contribution < 1.29 is 0 Å². The molecule has 0 saturated carbocycles. The van der Waals surface area contributed by atoms with E-state index < -0.39 is 0 Å². The first kappa shape index (κ1) is 19.0. The summed E-state index contributed by atoms with van der Waals surface area (Å²) >= 11 is 11.9. The van der Waals surface area contributed by atoms with Crippen molar-refractivity contribution in [2.45, 2.75) is 39.4 Å². The van der Waals surface area contributed by atoms with Crippen molar-refractivity contribution >= 4 is 34.6 Å². The van der Waals surface area contributed by atoms with E-state index in [1.807, 2.05) is 42.6 Å². The topological polar surface area (TPSA) is 33.1 Å². The predicted octanol–water partition coefficient (Wildman–Crippen LogP) is 5.35. The van der Waals surface area contributed by atoms with E-state index in [0.29, 0.717) is 10.1 Å². The van der Waals surface area contributed by atoms with Crippen LogP contribution >= 0.6 is 23.8 Å². The lowest BCUT2D eigenvalue weighted by molar-refractivity contribution is 0.563. The fraction of sp³-hybridized carbons (Fsp3) is 0.273. The number of nitrogens with one attached hydrogen (secondary N) is 1. The minimum absolute atomic E-state index is 0.00933. The van der Waals surface area contributed by atoms with Crippen molar-refractivity contribution in [3.63, 3.8) is 0 Å². The van der Waals surface area contributed by atoms with Crippen LogP contribution in [0.15, 0.2) is 54.7 Å². The minimum atomic E-state index is -0.0322. The highest BCUT2D eigenvalue weighted by atomic mass is 35.5. The summed E-state index contributed by atoms with van der Waals surface area (Å²) in [6.45, 7) is 7.46. The maximum Gasteiger partial charge on any atom is 0.174 e. The summed E-state index contributed by atoms with van der Waals surface area (Å²) < 4.78 is 2.34. The van der Waals surface area contributed by atoms with Crippen LogP contribution in [0.4, 0.5) is 5.69 Å². The highest BCUT2D eigenvalue weighted by Gasteiger charge is 2.42. The quantitative estimate of drug-likeness (QED) is 0.587. The first-order valence-corrected chi connectivity index (χ1v) is 10.2. The fourth-order valence-corrected chi connectivity index (χ4v) is 4.64. The Morgan fingerprint density at radius 2 is 1.89 bits per heavy atom. The summed E-state index contributed by atoms with van der Waals surface area (Å²) in [5.41, 5.74) is 5.77. The number of benzene rings is 1. The Morgan fingerprint density at radius 1 is 1.14 bits per heavy atom. The summed E-state index contributed by atoms with van der Waals surface area (Å²) in [5.74, 6) is 0. The van der Waals surface area contributed by atoms with Crippen LogP contribution in [0.3, 0.4) is 0 Å². The molecule has 0 aliphatic carbocycles. The van der Waals surface area contributed by atoms with Gasteiger partial charge in [-0.1, -0.05) is 17.7 Å². The predicted molar refractivity (Wildman–Crippen MR) is 119 cm³/mol. The number of thiocarbonyl (C=S) groups is 1. The zero-order valence-corrected chi connectivity index (χ0v) is 17.8. The molecule has 0 radical (unpaired) electrons. The van der Waals surface area contributed by atoms with Gasteiger partial charge in [0.2, 0.25) is 0 Å². The smallest absolute Gasteiger partial charge is 0.174 e. The van der Waals surface area contributed by atoms with Gasteiger partial charge < -0.3 is 14.8 Å². The lowest BCUT2D eigenvalue weighted by Crippen LogP contribution is -2.29. The molecule has 2 aromatic heterocycles. The highest BCUT2D eigenvalue weighted by Crippen LogP contribution is 2.43. The second-order valence-corrected chi connectivity index (χ2v) is 7.87. The van der Waals surface area contributed by atoms with Crippen LogP contribution in [0, 0.1) is 13.8 Å². The fourth-order valence-electron chi connectivity index (χ4n) is 4.16. The summed E-state index contributed by atoms with van der Waals surface area (Å²) in [6, 6.07) is 16.1. The average molecular weight is 411 g/mol. The number of anilines is 1. The number of nitrogens with zero attached hydrogens (tertiary/aromatic N) is 3.